The molecule has 1 aromatic rings. The van der Waals surface area contributed by atoms with E-state index in [1.165, 1.54) is 24.8 Å². The average molecular weight is 461 g/mol. The Morgan fingerprint density at radius 1 is 1.27 bits per heavy atom. The first-order valence-electron chi connectivity index (χ1n) is 12.4. The number of likely N-dealkylation sites (tertiary alicyclic amines) is 1. The van der Waals surface area contributed by atoms with Crippen LogP contribution < -0.4 is 10.1 Å². The van der Waals surface area contributed by atoms with Crippen LogP contribution in [0.15, 0.2) is 24.3 Å². The number of aliphatic carboxylic acids is 1. The van der Waals surface area contributed by atoms with Crippen molar-refractivity contribution < 1.29 is 19.4 Å². The van der Waals surface area contributed by atoms with Crippen LogP contribution in [0.2, 0.25) is 0 Å². The molecular weight excluding hydrogens is 416 g/mol. The van der Waals surface area contributed by atoms with Gasteiger partial charge >= 0.3 is 5.97 Å². The highest BCUT2D eigenvalue weighted by atomic mass is 16.5. The van der Waals surface area contributed by atoms with E-state index in [1.807, 2.05) is 19.9 Å². The molecule has 1 aliphatic rings. The molecule has 0 radical (unpaired) electrons. The predicted octanol–water partition coefficient (Wildman–Crippen LogP) is 4.86. The van der Waals surface area contributed by atoms with Gasteiger partial charge in [-0.2, -0.15) is 0 Å². The minimum Gasteiger partial charge on any atom is -0.494 e. The van der Waals surface area contributed by atoms with E-state index in [4.69, 9.17) is 4.74 Å². The molecule has 0 spiro atoms. The van der Waals surface area contributed by atoms with Gasteiger partial charge in [-0.25, -0.2) is 4.79 Å². The number of ether oxygens (including phenoxy) is 1. The van der Waals surface area contributed by atoms with Gasteiger partial charge in [0.15, 0.2) is 0 Å². The fourth-order valence-corrected chi connectivity index (χ4v) is 4.87. The van der Waals surface area contributed by atoms with Gasteiger partial charge in [-0.3, -0.25) is 4.79 Å². The highest BCUT2D eigenvalue weighted by Gasteiger charge is 2.33. The third kappa shape index (κ3) is 8.02. The second kappa shape index (κ2) is 11.9. The smallest absolute Gasteiger partial charge is 0.326 e. The van der Waals surface area contributed by atoms with Crippen molar-refractivity contribution in [2.75, 3.05) is 26.7 Å². The number of nitrogens with one attached hydrogen (secondary N) is 1. The van der Waals surface area contributed by atoms with Crippen molar-refractivity contribution in [3.05, 3.63) is 29.8 Å². The van der Waals surface area contributed by atoms with Crippen molar-refractivity contribution in [3.8, 4) is 5.75 Å². The highest BCUT2D eigenvalue weighted by molar-refractivity contribution is 5.84. The molecule has 0 saturated carbocycles. The molecule has 1 aromatic carbocycles. The monoisotopic (exact) mass is 460 g/mol. The van der Waals surface area contributed by atoms with Gasteiger partial charge in [0.05, 0.1) is 6.61 Å². The van der Waals surface area contributed by atoms with E-state index in [1.54, 1.807) is 13.8 Å². The first kappa shape index (κ1) is 27.2. The van der Waals surface area contributed by atoms with Gasteiger partial charge in [0, 0.05) is 18.4 Å². The average Bonchev–Trinajstić information content (AvgIpc) is 2.93. The minimum atomic E-state index is -0.996. The second-order valence-electron chi connectivity index (χ2n) is 10.9. The minimum absolute atomic E-state index is 0.162. The maximum atomic E-state index is 12.4. The number of carbonyl (C=O) groups excluding carboxylic acids is 1. The van der Waals surface area contributed by atoms with Crippen LogP contribution in [-0.2, 0) is 15.0 Å². The summed E-state index contributed by atoms with van der Waals surface area (Å²) in [4.78, 5) is 26.2. The van der Waals surface area contributed by atoms with E-state index in [-0.39, 0.29) is 29.1 Å². The van der Waals surface area contributed by atoms with Crippen molar-refractivity contribution in [3.63, 3.8) is 0 Å². The van der Waals surface area contributed by atoms with Gasteiger partial charge in [-0.1, -0.05) is 53.2 Å². The van der Waals surface area contributed by atoms with Crippen LogP contribution in [0.3, 0.4) is 0 Å². The molecule has 33 heavy (non-hydrogen) atoms. The number of rotatable bonds is 11. The van der Waals surface area contributed by atoms with Crippen LogP contribution in [0.25, 0.3) is 0 Å². The van der Waals surface area contributed by atoms with Crippen LogP contribution in [0.4, 0.5) is 0 Å². The molecule has 2 atom stereocenters. The van der Waals surface area contributed by atoms with Crippen molar-refractivity contribution in [1.29, 1.82) is 0 Å². The molecule has 0 bridgehead atoms. The summed E-state index contributed by atoms with van der Waals surface area (Å²) in [5.41, 5.74) is 1.22. The van der Waals surface area contributed by atoms with E-state index >= 15 is 0 Å². The number of hydrogen-bond donors (Lipinski definition) is 2. The first-order valence-corrected chi connectivity index (χ1v) is 12.4. The van der Waals surface area contributed by atoms with Crippen LogP contribution in [0.5, 0.6) is 5.75 Å². The number of amides is 1. The molecule has 2 N–H and O–H groups in total. The van der Waals surface area contributed by atoms with Gasteiger partial charge in [-0.05, 0) is 68.3 Å². The molecular formula is C27H44N2O4. The SMILES string of the molecule is CCC1(c2cccc(OCCC(C)(C)CC(=O)NC(C(=O)O)C(C)C)c2)CCCCN(C)C1. The van der Waals surface area contributed by atoms with Crippen LogP contribution in [-0.4, -0.2) is 54.7 Å². The zero-order chi connectivity index (χ0) is 24.6. The maximum Gasteiger partial charge on any atom is 0.326 e. The molecule has 1 saturated heterocycles. The molecule has 0 aliphatic carbocycles. The lowest BCUT2D eigenvalue weighted by atomic mass is 9.74. The molecule has 1 fully saturated rings. The third-order valence-electron chi connectivity index (χ3n) is 7.08. The maximum absolute atomic E-state index is 12.4. The van der Waals surface area contributed by atoms with E-state index < -0.39 is 12.0 Å². The quantitative estimate of drug-likeness (QED) is 0.493. The van der Waals surface area contributed by atoms with Crippen molar-refractivity contribution in [2.45, 2.75) is 84.6 Å². The summed E-state index contributed by atoms with van der Waals surface area (Å²) in [6, 6.07) is 7.66. The van der Waals surface area contributed by atoms with E-state index in [9.17, 15) is 14.7 Å². The first-order chi connectivity index (χ1) is 15.5. The summed E-state index contributed by atoms with van der Waals surface area (Å²) in [7, 11) is 2.22. The van der Waals surface area contributed by atoms with Gasteiger partial charge in [0.25, 0.3) is 0 Å². The molecule has 1 heterocycles. The fourth-order valence-electron chi connectivity index (χ4n) is 4.87. The Hall–Kier alpha value is -2.08. The lowest BCUT2D eigenvalue weighted by Gasteiger charge is -2.35. The Kier molecular flexibility index (Phi) is 9.77. The van der Waals surface area contributed by atoms with Crippen molar-refractivity contribution in [1.82, 2.24) is 10.2 Å². The van der Waals surface area contributed by atoms with Crippen LogP contribution >= 0.6 is 0 Å². The standard InChI is InChI=1S/C27H44N2O4/c1-7-27(13-8-9-15-29(6)19-27)21-11-10-12-22(17-21)33-16-14-26(4,5)18-23(30)28-24(20(2)3)25(31)32/h10-12,17,20,24H,7-9,13-16,18-19H2,1-6H3,(H,28,30)(H,31,32). The van der Waals surface area contributed by atoms with Gasteiger partial charge in [0.1, 0.15) is 11.8 Å². The topological polar surface area (TPSA) is 78.9 Å². The summed E-state index contributed by atoms with van der Waals surface area (Å²) < 4.78 is 6.12. The molecule has 6 nitrogen and oxygen atoms in total. The predicted molar refractivity (Wildman–Crippen MR) is 133 cm³/mol. The second-order valence-corrected chi connectivity index (χ2v) is 10.9. The zero-order valence-electron chi connectivity index (χ0n) is 21.4. The number of carboxylic acid groups (broad SMARTS) is 1. The third-order valence-corrected chi connectivity index (χ3v) is 7.08. The zero-order valence-corrected chi connectivity index (χ0v) is 21.4. The molecule has 2 unspecified atom stereocenters. The van der Waals surface area contributed by atoms with E-state index in [0.29, 0.717) is 13.0 Å². The molecule has 2 rings (SSSR count). The molecule has 1 amide bonds. The number of carbonyl (C=O) groups is 2. The normalized spacial score (nSPS) is 20.8. The number of benzene rings is 1. The Morgan fingerprint density at radius 3 is 2.64 bits per heavy atom. The summed E-state index contributed by atoms with van der Waals surface area (Å²) in [5, 5.41) is 12.0. The summed E-state index contributed by atoms with van der Waals surface area (Å²) >= 11 is 0. The van der Waals surface area contributed by atoms with Crippen molar-refractivity contribution >= 4 is 11.9 Å². The highest BCUT2D eigenvalue weighted by Crippen LogP contribution is 2.37. The number of nitrogens with zero attached hydrogens (tertiary/aromatic N) is 1. The Labute approximate surface area is 200 Å². The number of likely N-dealkylation sites (N-methyl/N-ethyl adjacent to an activating group) is 1. The largest absolute Gasteiger partial charge is 0.494 e. The van der Waals surface area contributed by atoms with Crippen LogP contribution in [0.1, 0.15) is 78.7 Å². The van der Waals surface area contributed by atoms with E-state index in [0.717, 1.165) is 25.3 Å². The summed E-state index contributed by atoms with van der Waals surface area (Å²) in [6.07, 6.45) is 5.77. The van der Waals surface area contributed by atoms with Gasteiger partial charge in [0.2, 0.25) is 5.91 Å². The lowest BCUT2D eigenvalue weighted by Crippen LogP contribution is -2.45. The van der Waals surface area contributed by atoms with E-state index in [2.05, 4.69) is 42.4 Å². The lowest BCUT2D eigenvalue weighted by molar-refractivity contribution is -0.143. The Balaban J connectivity index is 1.95. The molecule has 1 aliphatic heterocycles. The Bertz CT molecular complexity index is 792. The molecule has 0 aromatic heterocycles. The summed E-state index contributed by atoms with van der Waals surface area (Å²) in [5.74, 6) is -0.516. The number of hydrogen-bond acceptors (Lipinski definition) is 4. The number of carboxylic acids is 1. The summed E-state index contributed by atoms with van der Waals surface area (Å²) in [6.45, 7) is 12.7. The molecule has 186 valence electrons. The Morgan fingerprint density at radius 2 is 2.00 bits per heavy atom. The van der Waals surface area contributed by atoms with Gasteiger partial charge in [-0.15, -0.1) is 0 Å². The van der Waals surface area contributed by atoms with Crippen LogP contribution in [0, 0.1) is 11.3 Å². The fraction of sp³-hybridized carbons (Fsp3) is 0.704. The van der Waals surface area contributed by atoms with Crippen molar-refractivity contribution in [2.24, 2.45) is 11.3 Å². The van der Waals surface area contributed by atoms with Gasteiger partial charge < -0.3 is 20.1 Å². The molecule has 6 heteroatoms.